The molecule has 1 heterocycles. The molecule has 1 saturated heterocycles. The summed E-state index contributed by atoms with van der Waals surface area (Å²) in [5, 5.41) is 54.2. The second-order valence-corrected chi connectivity index (χ2v) is 16.2. The van der Waals surface area contributed by atoms with Gasteiger partial charge in [-0.2, -0.15) is 0 Å². The molecule has 0 aromatic carbocycles. The molecule has 9 nitrogen and oxygen atoms in total. The standard InChI is InChI=1S/C44H87NO8/c1-3-5-7-9-11-13-14-15-16-17-18-19-20-21-22-23-24-26-27-29-31-33-38(47)37(36-52-44-43(51)42(50)41(49)39(35-46)53-44)45-40(48)34-32-30-28-25-12-10-8-6-4-2/h37-39,41-44,46-47,49-51H,3-36H2,1-2H3,(H,45,48). The number of aliphatic hydroxyl groups excluding tert-OH is 5. The van der Waals surface area contributed by atoms with Gasteiger partial charge in [0.25, 0.3) is 0 Å². The van der Waals surface area contributed by atoms with Crippen molar-refractivity contribution in [3.05, 3.63) is 0 Å². The molecule has 53 heavy (non-hydrogen) atoms. The second kappa shape index (κ2) is 35.6. The molecule has 6 N–H and O–H groups in total. The fourth-order valence-corrected chi connectivity index (χ4v) is 7.51. The normalized spacial score (nSPS) is 21.5. The maximum Gasteiger partial charge on any atom is 0.220 e. The lowest BCUT2D eigenvalue weighted by atomic mass is 9.99. The monoisotopic (exact) mass is 758 g/mol. The number of hydrogen-bond acceptors (Lipinski definition) is 8. The third-order valence-electron chi connectivity index (χ3n) is 11.2. The molecule has 9 heteroatoms. The van der Waals surface area contributed by atoms with E-state index in [2.05, 4.69) is 19.2 Å². The zero-order valence-corrected chi connectivity index (χ0v) is 34.5. The molecule has 1 fully saturated rings. The van der Waals surface area contributed by atoms with Gasteiger partial charge < -0.3 is 40.3 Å². The second-order valence-electron chi connectivity index (χ2n) is 16.2. The van der Waals surface area contributed by atoms with E-state index in [1.807, 2.05) is 0 Å². The molecular formula is C44H87NO8. The van der Waals surface area contributed by atoms with E-state index < -0.39 is 49.5 Å². The Kier molecular flexibility index (Phi) is 33.7. The summed E-state index contributed by atoms with van der Waals surface area (Å²) in [4.78, 5) is 12.9. The van der Waals surface area contributed by atoms with E-state index in [9.17, 15) is 30.3 Å². The van der Waals surface area contributed by atoms with E-state index in [0.717, 1.165) is 38.5 Å². The molecule has 1 amide bonds. The van der Waals surface area contributed by atoms with Crippen molar-refractivity contribution in [2.24, 2.45) is 0 Å². The maximum atomic E-state index is 12.9. The van der Waals surface area contributed by atoms with Crippen LogP contribution in [0.5, 0.6) is 0 Å². The Morgan fingerprint density at radius 2 is 0.943 bits per heavy atom. The summed E-state index contributed by atoms with van der Waals surface area (Å²) in [6, 6.07) is -0.710. The van der Waals surface area contributed by atoms with Gasteiger partial charge in [0.1, 0.15) is 24.4 Å². The fourth-order valence-electron chi connectivity index (χ4n) is 7.51. The highest BCUT2D eigenvalue weighted by atomic mass is 16.7. The number of carbonyl (C=O) groups excluding carboxylic acids is 1. The number of nitrogens with one attached hydrogen (secondary N) is 1. The summed E-state index contributed by atoms with van der Waals surface area (Å²) in [5.74, 6) is -0.145. The highest BCUT2D eigenvalue weighted by molar-refractivity contribution is 5.76. The third-order valence-corrected chi connectivity index (χ3v) is 11.2. The third kappa shape index (κ3) is 26.6. The van der Waals surface area contributed by atoms with Crippen LogP contribution in [-0.4, -0.2) is 87.5 Å². The molecule has 0 saturated carbocycles. The highest BCUT2D eigenvalue weighted by Crippen LogP contribution is 2.23. The average molecular weight is 758 g/mol. The molecule has 0 aromatic heterocycles. The quantitative estimate of drug-likeness (QED) is 0.0342. The van der Waals surface area contributed by atoms with E-state index in [4.69, 9.17) is 9.47 Å². The minimum absolute atomic E-state index is 0.132. The topological polar surface area (TPSA) is 149 Å². The van der Waals surface area contributed by atoms with Gasteiger partial charge in [0.2, 0.25) is 5.91 Å². The lowest BCUT2D eigenvalue weighted by Gasteiger charge is -2.40. The molecule has 1 aliphatic rings. The van der Waals surface area contributed by atoms with E-state index in [-0.39, 0.29) is 12.5 Å². The molecule has 1 rings (SSSR count). The smallest absolute Gasteiger partial charge is 0.220 e. The van der Waals surface area contributed by atoms with Crippen LogP contribution >= 0.6 is 0 Å². The SMILES string of the molecule is CCCCCCCCCCCCCCCCCCCCCCCC(O)C(COC1OC(CO)C(O)C(O)C1O)NC(=O)CCCCCCCCCCC. The number of hydrogen-bond donors (Lipinski definition) is 6. The molecule has 0 aromatic rings. The number of aliphatic hydroxyl groups is 5. The van der Waals surface area contributed by atoms with Crippen LogP contribution in [-0.2, 0) is 14.3 Å². The Morgan fingerprint density at radius 3 is 1.34 bits per heavy atom. The maximum absolute atomic E-state index is 12.9. The van der Waals surface area contributed by atoms with Gasteiger partial charge in [0.05, 0.1) is 25.4 Å². The summed E-state index contributed by atoms with van der Waals surface area (Å²) in [6.45, 7) is 3.82. The number of amides is 1. The molecule has 0 bridgehead atoms. The molecule has 316 valence electrons. The summed E-state index contributed by atoms with van der Waals surface area (Å²) in [6.07, 6.45) is 31.2. The zero-order valence-electron chi connectivity index (χ0n) is 34.5. The Bertz CT molecular complexity index is 801. The van der Waals surface area contributed by atoms with Crippen molar-refractivity contribution in [2.45, 2.75) is 262 Å². The summed E-state index contributed by atoms with van der Waals surface area (Å²) in [7, 11) is 0. The van der Waals surface area contributed by atoms with Crippen molar-refractivity contribution in [3.8, 4) is 0 Å². The van der Waals surface area contributed by atoms with Crippen molar-refractivity contribution in [3.63, 3.8) is 0 Å². The molecule has 7 unspecified atom stereocenters. The predicted octanol–water partition coefficient (Wildman–Crippen LogP) is 9.17. The van der Waals surface area contributed by atoms with Crippen LogP contribution in [0.15, 0.2) is 0 Å². The van der Waals surface area contributed by atoms with E-state index in [1.54, 1.807) is 0 Å². The van der Waals surface area contributed by atoms with Gasteiger partial charge in [-0.3, -0.25) is 4.79 Å². The van der Waals surface area contributed by atoms with Crippen LogP contribution in [0.2, 0.25) is 0 Å². The van der Waals surface area contributed by atoms with Gasteiger partial charge in [-0.05, 0) is 12.8 Å². The molecule has 1 aliphatic heterocycles. The van der Waals surface area contributed by atoms with Crippen LogP contribution in [0.4, 0.5) is 0 Å². The average Bonchev–Trinajstić information content (AvgIpc) is 3.16. The van der Waals surface area contributed by atoms with Gasteiger partial charge in [0, 0.05) is 6.42 Å². The zero-order chi connectivity index (χ0) is 38.8. The van der Waals surface area contributed by atoms with Gasteiger partial charge in [-0.25, -0.2) is 0 Å². The van der Waals surface area contributed by atoms with E-state index >= 15 is 0 Å². The van der Waals surface area contributed by atoms with Crippen LogP contribution in [0.1, 0.15) is 219 Å². The van der Waals surface area contributed by atoms with Gasteiger partial charge in [-0.15, -0.1) is 0 Å². The Labute approximate surface area is 325 Å². The van der Waals surface area contributed by atoms with Crippen molar-refractivity contribution in [1.29, 1.82) is 0 Å². The summed E-state index contributed by atoms with van der Waals surface area (Å²) in [5.41, 5.74) is 0. The minimum Gasteiger partial charge on any atom is -0.394 e. The Hall–Kier alpha value is -0.810. The van der Waals surface area contributed by atoms with Crippen molar-refractivity contribution < 1.29 is 39.8 Å². The number of unbranched alkanes of at least 4 members (excludes halogenated alkanes) is 28. The molecule has 7 atom stereocenters. The van der Waals surface area contributed by atoms with Crippen LogP contribution in [0.3, 0.4) is 0 Å². The molecule has 0 spiro atoms. The first-order chi connectivity index (χ1) is 25.8. The Balaban J connectivity index is 2.25. The highest BCUT2D eigenvalue weighted by Gasteiger charge is 2.44. The summed E-state index contributed by atoms with van der Waals surface area (Å²) < 4.78 is 11.2. The number of rotatable bonds is 38. The van der Waals surface area contributed by atoms with Crippen LogP contribution in [0, 0.1) is 0 Å². The van der Waals surface area contributed by atoms with Gasteiger partial charge in [0.15, 0.2) is 6.29 Å². The molecule has 0 aliphatic carbocycles. The van der Waals surface area contributed by atoms with Crippen molar-refractivity contribution >= 4 is 5.91 Å². The molecule has 0 radical (unpaired) electrons. The van der Waals surface area contributed by atoms with E-state index in [1.165, 1.54) is 154 Å². The first-order valence-corrected chi connectivity index (χ1v) is 22.7. The van der Waals surface area contributed by atoms with E-state index in [0.29, 0.717) is 12.8 Å². The lowest BCUT2D eigenvalue weighted by Crippen LogP contribution is -2.60. The largest absolute Gasteiger partial charge is 0.394 e. The number of carbonyl (C=O) groups is 1. The van der Waals surface area contributed by atoms with Gasteiger partial charge >= 0.3 is 0 Å². The summed E-state index contributed by atoms with van der Waals surface area (Å²) >= 11 is 0. The first kappa shape index (κ1) is 50.2. The minimum atomic E-state index is -1.55. The van der Waals surface area contributed by atoms with Crippen molar-refractivity contribution in [2.75, 3.05) is 13.2 Å². The molecular weight excluding hydrogens is 670 g/mol. The van der Waals surface area contributed by atoms with Crippen LogP contribution < -0.4 is 5.32 Å². The lowest BCUT2D eigenvalue weighted by molar-refractivity contribution is -0.302. The first-order valence-electron chi connectivity index (χ1n) is 22.7. The Morgan fingerprint density at radius 1 is 0.566 bits per heavy atom. The predicted molar refractivity (Wildman–Crippen MR) is 217 cm³/mol. The van der Waals surface area contributed by atoms with Crippen LogP contribution in [0.25, 0.3) is 0 Å². The van der Waals surface area contributed by atoms with Gasteiger partial charge in [-0.1, -0.05) is 200 Å². The number of ether oxygens (including phenoxy) is 2. The van der Waals surface area contributed by atoms with Crippen molar-refractivity contribution in [1.82, 2.24) is 5.32 Å². The fraction of sp³-hybridized carbons (Fsp3) is 0.977.